The quantitative estimate of drug-likeness (QED) is 0.816. The Labute approximate surface area is 95.5 Å². The highest BCUT2D eigenvalue weighted by atomic mass is 35.5. The minimum atomic E-state index is -3.69. The van der Waals surface area contributed by atoms with Crippen LogP contribution in [0.25, 0.3) is 0 Å². The Hall–Kier alpha value is -0.850. The van der Waals surface area contributed by atoms with E-state index >= 15 is 0 Å². The molecule has 0 aliphatic carbocycles. The van der Waals surface area contributed by atoms with Gasteiger partial charge in [-0.25, -0.2) is 17.6 Å². The van der Waals surface area contributed by atoms with Gasteiger partial charge in [-0.3, -0.25) is 0 Å². The molecule has 2 nitrogen and oxygen atoms in total. The van der Waals surface area contributed by atoms with Crippen molar-refractivity contribution in [2.24, 2.45) is 5.73 Å². The van der Waals surface area contributed by atoms with Crippen LogP contribution in [0.3, 0.4) is 0 Å². The van der Waals surface area contributed by atoms with Gasteiger partial charge in [-0.15, -0.1) is 12.4 Å². The number of rotatable bonds is 3. The van der Waals surface area contributed by atoms with Crippen molar-refractivity contribution >= 4 is 12.4 Å². The summed E-state index contributed by atoms with van der Waals surface area (Å²) >= 11 is 0. The van der Waals surface area contributed by atoms with Gasteiger partial charge in [0.2, 0.25) is 0 Å². The highest BCUT2D eigenvalue weighted by Gasteiger charge is 2.38. The average molecular weight is 260 g/mol. The van der Waals surface area contributed by atoms with E-state index in [2.05, 4.69) is 0 Å². The summed E-state index contributed by atoms with van der Waals surface area (Å²) in [6.07, 6.45) is 0. The minimum absolute atomic E-state index is 0. The fraction of sp³-hybridized carbons (Fsp3) is 0.333. The lowest BCUT2D eigenvalue weighted by Gasteiger charge is -2.21. The maximum atomic E-state index is 13.0. The van der Waals surface area contributed by atoms with Crippen LogP contribution in [0.4, 0.5) is 17.6 Å². The Kier molecular flexibility index (Phi) is 5.18. The van der Waals surface area contributed by atoms with Gasteiger partial charge in [0, 0.05) is 5.56 Å². The molecular formula is C9H10ClF4NO. The van der Waals surface area contributed by atoms with E-state index in [4.69, 9.17) is 10.8 Å². The molecule has 0 amide bonds. The highest BCUT2D eigenvalue weighted by molar-refractivity contribution is 5.85. The SMILES string of the molecule is Cl.N[C@H](c1cc(F)ccc1F)C(F)(F)CO. The molecule has 0 aliphatic heterocycles. The molecule has 0 spiro atoms. The molecule has 0 aliphatic rings. The molecule has 1 atom stereocenters. The molecule has 0 saturated heterocycles. The summed E-state index contributed by atoms with van der Waals surface area (Å²) < 4.78 is 51.5. The lowest BCUT2D eigenvalue weighted by molar-refractivity contribution is -0.0719. The Bertz CT molecular complexity index is 361. The van der Waals surface area contributed by atoms with Crippen LogP contribution in [0, 0.1) is 11.6 Å². The molecular weight excluding hydrogens is 250 g/mol. The Morgan fingerprint density at radius 2 is 1.88 bits per heavy atom. The van der Waals surface area contributed by atoms with Crippen molar-refractivity contribution in [2.75, 3.05) is 6.61 Å². The number of hydrogen-bond acceptors (Lipinski definition) is 2. The topological polar surface area (TPSA) is 46.2 Å². The molecule has 0 radical (unpaired) electrons. The van der Waals surface area contributed by atoms with Crippen molar-refractivity contribution in [2.45, 2.75) is 12.0 Å². The van der Waals surface area contributed by atoms with Crippen LogP contribution < -0.4 is 5.73 Å². The number of nitrogens with two attached hydrogens (primary N) is 1. The second-order valence-corrected chi connectivity index (χ2v) is 3.06. The maximum absolute atomic E-state index is 13.0. The smallest absolute Gasteiger partial charge is 0.289 e. The molecule has 1 rings (SSSR count). The summed E-state index contributed by atoms with van der Waals surface area (Å²) in [5, 5.41) is 8.34. The number of hydrogen-bond donors (Lipinski definition) is 2. The number of aliphatic hydroxyl groups excluding tert-OH is 1. The van der Waals surface area contributed by atoms with Gasteiger partial charge in [-0.1, -0.05) is 0 Å². The zero-order valence-corrected chi connectivity index (χ0v) is 8.78. The van der Waals surface area contributed by atoms with Gasteiger partial charge in [-0.2, -0.15) is 0 Å². The Balaban J connectivity index is 0.00000225. The van der Waals surface area contributed by atoms with E-state index in [1.165, 1.54) is 0 Å². The highest BCUT2D eigenvalue weighted by Crippen LogP contribution is 2.30. The second-order valence-electron chi connectivity index (χ2n) is 3.06. The molecule has 0 fully saturated rings. The molecule has 3 N–H and O–H groups in total. The molecule has 0 heterocycles. The average Bonchev–Trinajstić information content (AvgIpc) is 2.20. The van der Waals surface area contributed by atoms with Crippen LogP contribution in [0.1, 0.15) is 11.6 Å². The first kappa shape index (κ1) is 15.2. The molecule has 0 aromatic heterocycles. The van der Waals surface area contributed by atoms with Crippen molar-refractivity contribution in [1.29, 1.82) is 0 Å². The summed E-state index contributed by atoms with van der Waals surface area (Å²) in [4.78, 5) is 0. The molecule has 1 aromatic carbocycles. The van der Waals surface area contributed by atoms with E-state index in [-0.39, 0.29) is 12.4 Å². The van der Waals surface area contributed by atoms with E-state index in [0.29, 0.717) is 12.1 Å². The van der Waals surface area contributed by atoms with Crippen LogP contribution >= 0.6 is 12.4 Å². The van der Waals surface area contributed by atoms with Gasteiger partial charge in [-0.05, 0) is 18.2 Å². The summed E-state index contributed by atoms with van der Waals surface area (Å²) in [6.45, 7) is -1.52. The standard InChI is InChI=1S/C9H9F4NO.ClH/c10-5-1-2-7(11)6(3-5)8(14)9(12,13)4-15;/h1-3,8,15H,4,14H2;1H/t8-;/m1./s1. The monoisotopic (exact) mass is 259 g/mol. The van der Waals surface area contributed by atoms with Crippen LogP contribution in [-0.4, -0.2) is 17.6 Å². The molecule has 0 saturated carbocycles. The zero-order chi connectivity index (χ0) is 11.6. The predicted molar refractivity (Wildman–Crippen MR) is 52.6 cm³/mol. The van der Waals surface area contributed by atoms with Crippen molar-refractivity contribution in [3.05, 3.63) is 35.4 Å². The van der Waals surface area contributed by atoms with Gasteiger partial charge in [0.15, 0.2) is 0 Å². The van der Waals surface area contributed by atoms with E-state index in [1.54, 1.807) is 0 Å². The maximum Gasteiger partial charge on any atom is 0.289 e. The summed E-state index contributed by atoms with van der Waals surface area (Å²) in [5.41, 5.74) is 4.38. The Morgan fingerprint density at radius 3 is 2.38 bits per heavy atom. The van der Waals surface area contributed by atoms with Gasteiger partial charge >= 0.3 is 0 Å². The molecule has 0 unspecified atom stereocenters. The normalized spacial score (nSPS) is 13.1. The largest absolute Gasteiger partial charge is 0.390 e. The van der Waals surface area contributed by atoms with E-state index < -0.39 is 35.8 Å². The zero-order valence-electron chi connectivity index (χ0n) is 7.96. The molecule has 0 bridgehead atoms. The molecule has 7 heteroatoms. The molecule has 92 valence electrons. The van der Waals surface area contributed by atoms with E-state index in [0.717, 1.165) is 6.07 Å². The number of benzene rings is 1. The first-order valence-corrected chi connectivity index (χ1v) is 4.07. The lowest BCUT2D eigenvalue weighted by atomic mass is 10.0. The molecule has 16 heavy (non-hydrogen) atoms. The third-order valence-corrected chi connectivity index (χ3v) is 1.96. The van der Waals surface area contributed by atoms with E-state index in [9.17, 15) is 17.6 Å². The predicted octanol–water partition coefficient (Wildman–Crippen LogP) is 2.01. The van der Waals surface area contributed by atoms with Crippen LogP contribution in [0.15, 0.2) is 18.2 Å². The third kappa shape index (κ3) is 3.07. The van der Waals surface area contributed by atoms with Crippen molar-refractivity contribution in [1.82, 2.24) is 0 Å². The summed E-state index contributed by atoms with van der Waals surface area (Å²) in [7, 11) is 0. The van der Waals surface area contributed by atoms with Crippen LogP contribution in [0.5, 0.6) is 0 Å². The lowest BCUT2D eigenvalue weighted by Crippen LogP contribution is -2.36. The fourth-order valence-electron chi connectivity index (χ4n) is 1.08. The number of alkyl halides is 2. The van der Waals surface area contributed by atoms with Crippen LogP contribution in [0.2, 0.25) is 0 Å². The molecule has 1 aromatic rings. The number of halogens is 5. The third-order valence-electron chi connectivity index (χ3n) is 1.96. The summed E-state index contributed by atoms with van der Waals surface area (Å²) in [5.74, 6) is -5.58. The van der Waals surface area contributed by atoms with Gasteiger partial charge < -0.3 is 10.8 Å². The van der Waals surface area contributed by atoms with Crippen molar-refractivity contribution < 1.29 is 22.7 Å². The number of aliphatic hydroxyl groups is 1. The fourth-order valence-corrected chi connectivity index (χ4v) is 1.08. The van der Waals surface area contributed by atoms with E-state index in [1.807, 2.05) is 0 Å². The van der Waals surface area contributed by atoms with Gasteiger partial charge in [0.25, 0.3) is 5.92 Å². The minimum Gasteiger partial charge on any atom is -0.390 e. The second kappa shape index (κ2) is 5.47. The van der Waals surface area contributed by atoms with Crippen molar-refractivity contribution in [3.63, 3.8) is 0 Å². The van der Waals surface area contributed by atoms with Gasteiger partial charge in [0.1, 0.15) is 18.2 Å². The van der Waals surface area contributed by atoms with Crippen LogP contribution in [-0.2, 0) is 0 Å². The Morgan fingerprint density at radius 1 is 1.31 bits per heavy atom. The van der Waals surface area contributed by atoms with Gasteiger partial charge in [0.05, 0.1) is 6.04 Å². The first-order chi connectivity index (χ1) is 6.88. The first-order valence-electron chi connectivity index (χ1n) is 4.07. The van der Waals surface area contributed by atoms with Crippen molar-refractivity contribution in [3.8, 4) is 0 Å². The summed E-state index contributed by atoms with van der Waals surface area (Å²) in [6, 6.07) is 0.0164.